The number of aromatic amines is 1. The Morgan fingerprint density at radius 1 is 1.38 bits per heavy atom. The summed E-state index contributed by atoms with van der Waals surface area (Å²) in [7, 11) is 0. The Morgan fingerprint density at radius 2 is 2.12 bits per heavy atom. The molecule has 3 nitrogen and oxygen atoms in total. The number of H-pyrrole nitrogens is 1. The molecule has 16 heavy (non-hydrogen) atoms. The van der Waals surface area contributed by atoms with Crippen LogP contribution in [0.1, 0.15) is 11.1 Å². The van der Waals surface area contributed by atoms with Crippen LogP contribution in [-0.2, 0) is 0 Å². The van der Waals surface area contributed by atoms with Crippen LogP contribution >= 0.6 is 0 Å². The summed E-state index contributed by atoms with van der Waals surface area (Å²) in [5.74, 6) is 0.0864. The second kappa shape index (κ2) is 3.70. The van der Waals surface area contributed by atoms with Gasteiger partial charge in [-0.25, -0.2) is 4.39 Å². The minimum Gasteiger partial charge on any atom is -0.384 e. The van der Waals surface area contributed by atoms with Crippen LogP contribution in [0.4, 0.5) is 10.2 Å². The lowest BCUT2D eigenvalue weighted by Crippen LogP contribution is -1.87. The zero-order chi connectivity index (χ0) is 11.7. The summed E-state index contributed by atoms with van der Waals surface area (Å²) in [5.41, 5.74) is 8.10. The van der Waals surface area contributed by atoms with E-state index < -0.39 is 0 Å². The average Bonchev–Trinajstić information content (AvgIpc) is 2.64. The highest BCUT2D eigenvalue weighted by Gasteiger charge is 2.07. The predicted octanol–water partition coefficient (Wildman–Crippen LogP) is 2.58. The predicted molar refractivity (Wildman–Crippen MR) is 60.1 cm³/mol. The van der Waals surface area contributed by atoms with E-state index in [1.165, 1.54) is 6.07 Å². The Balaban J connectivity index is 2.51. The number of aryl methyl sites for hydroxylation is 1. The van der Waals surface area contributed by atoms with E-state index >= 15 is 0 Å². The number of nitriles is 1. The SMILES string of the molecule is Cc1cc(-c2cc(C#N)c(N)[nH]2)ccc1F. The number of anilines is 1. The summed E-state index contributed by atoms with van der Waals surface area (Å²) in [5, 5.41) is 8.77. The van der Waals surface area contributed by atoms with E-state index in [0.717, 1.165) is 11.3 Å². The number of rotatable bonds is 1. The number of nitrogens with one attached hydrogen (secondary N) is 1. The summed E-state index contributed by atoms with van der Waals surface area (Å²) in [6, 6.07) is 8.39. The van der Waals surface area contributed by atoms with Crippen molar-refractivity contribution in [1.29, 1.82) is 5.26 Å². The van der Waals surface area contributed by atoms with Crippen LogP contribution < -0.4 is 5.73 Å². The topological polar surface area (TPSA) is 65.6 Å². The lowest BCUT2D eigenvalue weighted by molar-refractivity contribution is 0.619. The first-order chi connectivity index (χ1) is 7.61. The van der Waals surface area contributed by atoms with Crippen molar-refractivity contribution in [2.24, 2.45) is 0 Å². The number of hydrogen-bond donors (Lipinski definition) is 2. The van der Waals surface area contributed by atoms with Crippen molar-refractivity contribution in [3.63, 3.8) is 0 Å². The molecule has 3 N–H and O–H groups in total. The van der Waals surface area contributed by atoms with Crippen LogP contribution in [-0.4, -0.2) is 4.98 Å². The van der Waals surface area contributed by atoms with Crippen molar-refractivity contribution in [2.45, 2.75) is 6.92 Å². The van der Waals surface area contributed by atoms with Crippen molar-refractivity contribution in [3.05, 3.63) is 41.2 Å². The molecule has 0 aliphatic rings. The molecule has 2 rings (SSSR count). The van der Waals surface area contributed by atoms with Crippen molar-refractivity contribution in [3.8, 4) is 17.3 Å². The highest BCUT2D eigenvalue weighted by molar-refractivity contribution is 5.68. The van der Waals surface area contributed by atoms with E-state index in [9.17, 15) is 4.39 Å². The van der Waals surface area contributed by atoms with Crippen molar-refractivity contribution >= 4 is 5.82 Å². The number of nitrogen functional groups attached to an aromatic ring is 1. The number of aromatic nitrogens is 1. The Morgan fingerprint density at radius 3 is 2.69 bits per heavy atom. The summed E-state index contributed by atoms with van der Waals surface area (Å²) in [6.45, 7) is 1.69. The summed E-state index contributed by atoms with van der Waals surface area (Å²) < 4.78 is 13.1. The number of halogens is 1. The van der Waals surface area contributed by atoms with Crippen molar-refractivity contribution < 1.29 is 4.39 Å². The average molecular weight is 215 g/mol. The summed E-state index contributed by atoms with van der Waals surface area (Å²) >= 11 is 0. The van der Waals surface area contributed by atoms with Gasteiger partial charge in [0.05, 0.1) is 5.56 Å². The Hall–Kier alpha value is -2.28. The third kappa shape index (κ3) is 1.63. The normalized spacial score (nSPS) is 10.1. The van der Waals surface area contributed by atoms with Gasteiger partial charge in [0.1, 0.15) is 17.7 Å². The lowest BCUT2D eigenvalue weighted by atomic mass is 10.1. The molecule has 0 spiro atoms. The highest BCUT2D eigenvalue weighted by Crippen LogP contribution is 2.24. The quantitative estimate of drug-likeness (QED) is 0.767. The van der Waals surface area contributed by atoms with Crippen molar-refractivity contribution in [2.75, 3.05) is 5.73 Å². The molecular weight excluding hydrogens is 205 g/mol. The molecule has 0 amide bonds. The minimum atomic E-state index is -0.246. The van der Waals surface area contributed by atoms with Crippen LogP contribution in [0.2, 0.25) is 0 Å². The molecule has 1 aromatic heterocycles. The van der Waals surface area contributed by atoms with Gasteiger partial charge < -0.3 is 10.7 Å². The fourth-order valence-electron chi connectivity index (χ4n) is 1.53. The van der Waals surface area contributed by atoms with E-state index in [1.54, 1.807) is 25.1 Å². The highest BCUT2D eigenvalue weighted by atomic mass is 19.1. The van der Waals surface area contributed by atoms with Gasteiger partial charge in [0, 0.05) is 5.69 Å². The lowest BCUT2D eigenvalue weighted by Gasteiger charge is -2.00. The molecule has 80 valence electrons. The molecule has 0 atom stereocenters. The van der Waals surface area contributed by atoms with Gasteiger partial charge in [-0.15, -0.1) is 0 Å². The molecule has 0 unspecified atom stereocenters. The molecule has 1 aromatic carbocycles. The molecule has 2 aromatic rings. The molecule has 4 heteroatoms. The Labute approximate surface area is 92.3 Å². The van der Waals surface area contributed by atoms with Gasteiger partial charge in [-0.1, -0.05) is 0 Å². The van der Waals surface area contributed by atoms with Gasteiger partial charge >= 0.3 is 0 Å². The Bertz CT molecular complexity index is 578. The van der Waals surface area contributed by atoms with E-state index in [1.807, 2.05) is 6.07 Å². The van der Waals surface area contributed by atoms with E-state index in [-0.39, 0.29) is 5.82 Å². The third-order valence-corrected chi connectivity index (χ3v) is 2.44. The molecule has 0 fully saturated rings. The molecule has 0 aliphatic carbocycles. The van der Waals surface area contributed by atoms with E-state index in [4.69, 9.17) is 11.0 Å². The monoisotopic (exact) mass is 215 g/mol. The smallest absolute Gasteiger partial charge is 0.126 e. The van der Waals surface area contributed by atoms with Gasteiger partial charge in [0.15, 0.2) is 0 Å². The largest absolute Gasteiger partial charge is 0.384 e. The number of benzene rings is 1. The van der Waals surface area contributed by atoms with Crippen LogP contribution in [0.15, 0.2) is 24.3 Å². The van der Waals surface area contributed by atoms with Crippen molar-refractivity contribution in [1.82, 2.24) is 4.98 Å². The summed E-state index contributed by atoms with van der Waals surface area (Å²) in [6.07, 6.45) is 0. The Kier molecular flexibility index (Phi) is 2.37. The molecule has 0 saturated carbocycles. The number of hydrogen-bond acceptors (Lipinski definition) is 2. The first-order valence-electron chi connectivity index (χ1n) is 4.77. The number of nitrogens with two attached hydrogens (primary N) is 1. The van der Waals surface area contributed by atoms with Gasteiger partial charge in [0.2, 0.25) is 0 Å². The van der Waals surface area contributed by atoms with Gasteiger partial charge in [-0.05, 0) is 42.3 Å². The number of nitrogens with zero attached hydrogens (tertiary/aromatic N) is 1. The molecule has 0 saturated heterocycles. The first kappa shape index (κ1) is 10.2. The van der Waals surface area contributed by atoms with Gasteiger partial charge in [0.25, 0.3) is 0 Å². The maximum absolute atomic E-state index is 13.1. The van der Waals surface area contributed by atoms with Crippen LogP contribution in [0.3, 0.4) is 0 Å². The first-order valence-corrected chi connectivity index (χ1v) is 4.77. The zero-order valence-electron chi connectivity index (χ0n) is 8.71. The molecule has 0 bridgehead atoms. The van der Waals surface area contributed by atoms with Gasteiger partial charge in [-0.3, -0.25) is 0 Å². The molecule has 0 aliphatic heterocycles. The second-order valence-corrected chi connectivity index (χ2v) is 3.59. The molecular formula is C12H10FN3. The van der Waals surface area contributed by atoms with E-state index in [2.05, 4.69) is 4.98 Å². The second-order valence-electron chi connectivity index (χ2n) is 3.59. The maximum Gasteiger partial charge on any atom is 0.126 e. The van der Waals surface area contributed by atoms with Crippen LogP contribution in [0.25, 0.3) is 11.3 Å². The van der Waals surface area contributed by atoms with Gasteiger partial charge in [-0.2, -0.15) is 5.26 Å². The summed E-state index contributed by atoms with van der Waals surface area (Å²) in [4.78, 5) is 2.89. The maximum atomic E-state index is 13.1. The fourth-order valence-corrected chi connectivity index (χ4v) is 1.53. The molecule has 0 radical (unpaired) electrons. The fraction of sp³-hybridized carbons (Fsp3) is 0.0833. The van der Waals surface area contributed by atoms with Crippen LogP contribution in [0.5, 0.6) is 0 Å². The van der Waals surface area contributed by atoms with E-state index in [0.29, 0.717) is 16.9 Å². The third-order valence-electron chi connectivity index (χ3n) is 2.44. The van der Waals surface area contributed by atoms with Crippen LogP contribution in [0, 0.1) is 24.1 Å². The zero-order valence-corrected chi connectivity index (χ0v) is 8.71. The molecule has 1 heterocycles. The minimum absolute atomic E-state index is 0.246. The standard InChI is InChI=1S/C12H10FN3/c1-7-4-8(2-3-10(7)13)11-5-9(6-14)12(15)16-11/h2-5,16H,15H2,1H3.